The van der Waals surface area contributed by atoms with Crippen molar-refractivity contribution in [1.29, 1.82) is 0 Å². The van der Waals surface area contributed by atoms with Crippen LogP contribution in [-0.4, -0.2) is 0 Å². The van der Waals surface area contributed by atoms with Gasteiger partial charge in [-0.3, -0.25) is 0 Å². The lowest BCUT2D eigenvalue weighted by atomic mass is 9.79. The van der Waals surface area contributed by atoms with Crippen LogP contribution in [0.15, 0.2) is 206 Å². The number of hydrogen-bond acceptors (Lipinski definition) is 0. The first-order chi connectivity index (χ1) is 28.3. The molecule has 0 spiro atoms. The second-order valence-corrected chi connectivity index (χ2v) is 15.5. The Morgan fingerprint density at radius 3 is 1.33 bits per heavy atom. The Labute approximate surface area is 331 Å². The first-order valence-corrected chi connectivity index (χ1v) is 20.0. The molecule has 0 radical (unpaired) electrons. The van der Waals surface area contributed by atoms with Crippen LogP contribution in [0.3, 0.4) is 0 Å². The van der Waals surface area contributed by atoms with Gasteiger partial charge < -0.3 is 0 Å². The minimum absolute atomic E-state index is 0.985. The number of hydrogen-bond donors (Lipinski definition) is 0. The van der Waals surface area contributed by atoms with Gasteiger partial charge in [0.2, 0.25) is 0 Å². The molecule has 11 aromatic carbocycles. The molecule has 0 nitrogen and oxygen atoms in total. The van der Waals surface area contributed by atoms with Gasteiger partial charge in [-0.2, -0.15) is 0 Å². The molecule has 0 bridgehead atoms. The first-order valence-electron chi connectivity index (χ1n) is 20.0. The van der Waals surface area contributed by atoms with E-state index in [9.17, 15) is 0 Å². The topological polar surface area (TPSA) is 0 Å². The third kappa shape index (κ3) is 4.81. The fourth-order valence-corrected chi connectivity index (χ4v) is 10.1. The van der Waals surface area contributed by atoms with Crippen LogP contribution in [0, 0.1) is 0 Å². The van der Waals surface area contributed by atoms with E-state index in [4.69, 9.17) is 0 Å². The van der Waals surface area contributed by atoms with Gasteiger partial charge in [0.05, 0.1) is 0 Å². The Morgan fingerprint density at radius 2 is 0.667 bits per heavy atom. The monoisotopic (exact) mass is 720 g/mol. The Bertz CT molecular complexity index is 3320. The zero-order valence-electron chi connectivity index (χ0n) is 31.3. The van der Waals surface area contributed by atoms with Crippen LogP contribution in [-0.2, 0) is 6.42 Å². The van der Waals surface area contributed by atoms with E-state index in [1.807, 2.05) is 0 Å². The minimum Gasteiger partial charge on any atom is -0.0622 e. The van der Waals surface area contributed by atoms with Crippen LogP contribution in [0.1, 0.15) is 11.1 Å². The highest BCUT2D eigenvalue weighted by atomic mass is 14.3. The maximum absolute atomic E-state index is 2.44. The zero-order valence-corrected chi connectivity index (χ0v) is 31.3. The largest absolute Gasteiger partial charge is 0.0622 e. The van der Waals surface area contributed by atoms with E-state index in [0.717, 1.165) is 6.42 Å². The predicted molar refractivity (Wildman–Crippen MR) is 244 cm³/mol. The molecule has 0 aromatic heterocycles. The molecular weight excluding hydrogens is 685 g/mol. The molecule has 0 aliphatic heterocycles. The van der Waals surface area contributed by atoms with E-state index >= 15 is 0 Å². The van der Waals surface area contributed by atoms with Gasteiger partial charge in [0.15, 0.2) is 0 Å². The summed E-state index contributed by atoms with van der Waals surface area (Å²) in [6, 6.07) is 76.9. The Kier molecular flexibility index (Phi) is 7.09. The van der Waals surface area contributed by atoms with E-state index in [1.165, 1.54) is 121 Å². The highest BCUT2D eigenvalue weighted by molar-refractivity contribution is 6.32. The summed E-state index contributed by atoms with van der Waals surface area (Å²) in [5.41, 5.74) is 15.5. The summed E-state index contributed by atoms with van der Waals surface area (Å²) in [6.07, 6.45) is 0.985. The lowest BCUT2D eigenvalue weighted by Crippen LogP contribution is -1.96. The molecule has 0 heteroatoms. The van der Waals surface area contributed by atoms with E-state index in [2.05, 4.69) is 206 Å². The summed E-state index contributed by atoms with van der Waals surface area (Å²) in [7, 11) is 0. The van der Waals surface area contributed by atoms with E-state index < -0.39 is 0 Å². The number of rotatable bonds is 4. The molecular formula is C57H36. The van der Waals surface area contributed by atoms with Crippen LogP contribution in [0.4, 0.5) is 0 Å². The van der Waals surface area contributed by atoms with Gasteiger partial charge in [0, 0.05) is 0 Å². The summed E-state index contributed by atoms with van der Waals surface area (Å²) >= 11 is 0. The van der Waals surface area contributed by atoms with Crippen molar-refractivity contribution in [3.8, 4) is 55.6 Å². The Morgan fingerprint density at radius 1 is 0.228 bits per heavy atom. The van der Waals surface area contributed by atoms with E-state index in [0.29, 0.717) is 0 Å². The molecule has 0 saturated heterocycles. The molecule has 0 saturated carbocycles. The third-order valence-corrected chi connectivity index (χ3v) is 12.5. The van der Waals surface area contributed by atoms with Crippen molar-refractivity contribution in [2.45, 2.75) is 6.42 Å². The molecule has 0 heterocycles. The van der Waals surface area contributed by atoms with Crippen LogP contribution in [0.5, 0.6) is 0 Å². The zero-order chi connectivity index (χ0) is 37.5. The summed E-state index contributed by atoms with van der Waals surface area (Å²) in [5.74, 6) is 0. The van der Waals surface area contributed by atoms with Crippen molar-refractivity contribution >= 4 is 53.9 Å². The molecule has 1 aliphatic carbocycles. The maximum atomic E-state index is 2.44. The molecule has 11 aromatic rings. The van der Waals surface area contributed by atoms with Crippen LogP contribution in [0.25, 0.3) is 109 Å². The molecule has 0 amide bonds. The molecule has 0 atom stereocenters. The van der Waals surface area contributed by atoms with Crippen LogP contribution in [0.2, 0.25) is 0 Å². The highest BCUT2D eigenvalue weighted by Gasteiger charge is 2.25. The number of benzene rings is 11. The summed E-state index contributed by atoms with van der Waals surface area (Å²) in [6.45, 7) is 0. The smallest absolute Gasteiger partial charge is 0.00134 e. The average molecular weight is 721 g/mol. The van der Waals surface area contributed by atoms with Gasteiger partial charge in [-0.15, -0.1) is 0 Å². The van der Waals surface area contributed by atoms with Crippen molar-refractivity contribution in [3.63, 3.8) is 0 Å². The van der Waals surface area contributed by atoms with Gasteiger partial charge in [-0.25, -0.2) is 0 Å². The SMILES string of the molecule is c1ccc(-c2cccc(-c3ccc4c(c3)-c3ccccc3C4)c2-c2c3ccccc3c(-c3cccc4c5ccccc5c5ccccc5c34)c3ccccc23)cc1. The second kappa shape index (κ2) is 12.6. The van der Waals surface area contributed by atoms with E-state index in [-0.39, 0.29) is 0 Å². The molecule has 0 unspecified atom stereocenters. The van der Waals surface area contributed by atoms with Crippen molar-refractivity contribution in [2.24, 2.45) is 0 Å². The van der Waals surface area contributed by atoms with Gasteiger partial charge in [0.1, 0.15) is 0 Å². The standard InChI is InChI=1S/C57H36/c1-2-16-36(17-3-1)41-28-14-29-42(39-33-32-38-34-37-18-4-5-19-40(37)53(38)35-39)56(41)57-50-26-12-10-24-48(50)55(49-25-11-13-27-51(49)57)52-31-15-30-47-45-21-7-6-20-43(45)44-22-8-9-23-46(44)54(47)52/h1-33,35H,34H2. The lowest BCUT2D eigenvalue weighted by Gasteiger charge is -2.23. The van der Waals surface area contributed by atoms with Gasteiger partial charge in [-0.05, 0) is 133 Å². The first kappa shape index (κ1) is 32.0. The normalized spacial score (nSPS) is 12.1. The second-order valence-electron chi connectivity index (χ2n) is 15.5. The molecule has 264 valence electrons. The fraction of sp³-hybridized carbons (Fsp3) is 0.0175. The molecule has 0 N–H and O–H groups in total. The maximum Gasteiger partial charge on any atom is -0.00134 e. The summed E-state index contributed by atoms with van der Waals surface area (Å²) in [5, 5.41) is 12.8. The van der Waals surface area contributed by atoms with Crippen molar-refractivity contribution in [1.82, 2.24) is 0 Å². The molecule has 1 aliphatic rings. The molecule has 12 rings (SSSR count). The van der Waals surface area contributed by atoms with Gasteiger partial charge >= 0.3 is 0 Å². The highest BCUT2D eigenvalue weighted by Crippen LogP contribution is 2.51. The quantitative estimate of drug-likeness (QED) is 0.125. The predicted octanol–water partition coefficient (Wildman–Crippen LogP) is 15.7. The van der Waals surface area contributed by atoms with Gasteiger partial charge in [-0.1, -0.05) is 200 Å². The van der Waals surface area contributed by atoms with Crippen LogP contribution < -0.4 is 0 Å². The summed E-state index contributed by atoms with van der Waals surface area (Å²) in [4.78, 5) is 0. The third-order valence-electron chi connectivity index (χ3n) is 12.5. The summed E-state index contributed by atoms with van der Waals surface area (Å²) < 4.78 is 0. The number of fused-ring (bicyclic) bond motifs is 11. The molecule has 57 heavy (non-hydrogen) atoms. The van der Waals surface area contributed by atoms with Crippen molar-refractivity contribution in [2.75, 3.05) is 0 Å². The van der Waals surface area contributed by atoms with Crippen molar-refractivity contribution in [3.05, 3.63) is 217 Å². The van der Waals surface area contributed by atoms with Gasteiger partial charge in [0.25, 0.3) is 0 Å². The Balaban J connectivity index is 1.22. The van der Waals surface area contributed by atoms with Crippen LogP contribution >= 0.6 is 0 Å². The Hall–Kier alpha value is -7.28. The average Bonchev–Trinajstić information content (AvgIpc) is 3.66. The minimum atomic E-state index is 0.985. The fourth-order valence-electron chi connectivity index (χ4n) is 10.1. The molecule has 0 fully saturated rings. The lowest BCUT2D eigenvalue weighted by molar-refractivity contribution is 1.26. The van der Waals surface area contributed by atoms with Crippen molar-refractivity contribution < 1.29 is 0 Å². The van der Waals surface area contributed by atoms with E-state index in [1.54, 1.807) is 0 Å².